The molecule has 14 aliphatic rings. The molecule has 466 valence electrons. The highest BCUT2D eigenvalue weighted by Gasteiger charge is 2.85. The van der Waals surface area contributed by atoms with E-state index in [2.05, 4.69) is 47.3 Å². The Labute approximate surface area is 498 Å². The SMILES string of the molecule is CCC[C@@H]1CC[C@H]2[C@@H]3[C@H](O)CCC[C@](O)([C@](C)(O)[C@H]4CC[C@@]5(O)C6=C(NC[C@H](C)O)C(=O)[C@@H]7C[C@@H](O)[C@@H](O)C[C@@]78C[C@]7(C9=C(CCCO)NC(N)C=C9)C=C[C@]68[C@](O)(C=C7)C[C@]45C4CCC(CCO[C@H]5C[C@H]6C=CN[C@H]6C5)CC4)[C@@H]3O[C@@H]2CC1. The highest BCUT2D eigenvalue weighted by molar-refractivity contribution is 6.01. The first-order valence-corrected chi connectivity index (χ1v) is 33.4. The van der Waals surface area contributed by atoms with E-state index in [4.69, 9.17) is 15.2 Å². The van der Waals surface area contributed by atoms with E-state index in [1.807, 2.05) is 24.3 Å². The van der Waals surface area contributed by atoms with E-state index >= 15 is 15.0 Å². The number of ether oxygens (including phenoxy) is 2. The molecule has 0 aromatic carbocycles. The van der Waals surface area contributed by atoms with Crippen molar-refractivity contribution in [1.82, 2.24) is 16.0 Å². The molecule has 23 atom stereocenters. The number of nitrogens with one attached hydrogen (secondary N) is 3. The molecule has 16 nitrogen and oxygen atoms in total. The van der Waals surface area contributed by atoms with E-state index in [0.717, 1.165) is 81.9 Å². The molecule has 84 heavy (non-hydrogen) atoms. The monoisotopic (exact) mass is 1170 g/mol. The summed E-state index contributed by atoms with van der Waals surface area (Å²) < 4.78 is 13.8. The molecule has 0 aromatic heterocycles. The van der Waals surface area contributed by atoms with E-state index in [0.29, 0.717) is 74.5 Å². The third-order valence-corrected chi connectivity index (χ3v) is 26.0. The van der Waals surface area contributed by atoms with Crippen LogP contribution in [0.25, 0.3) is 0 Å². The number of allylic oxidation sites excluding steroid dienone is 6. The van der Waals surface area contributed by atoms with Crippen LogP contribution in [-0.4, -0.2) is 149 Å². The molecule has 3 heterocycles. The van der Waals surface area contributed by atoms with Gasteiger partial charge in [-0.25, -0.2) is 0 Å². The number of fused-ring (bicyclic) bond motifs is 6. The fraction of sp³-hybridized carbons (Fsp3) is 0.809. The first kappa shape index (κ1) is 60.0. The summed E-state index contributed by atoms with van der Waals surface area (Å²) in [6.07, 6.45) is 24.8. The normalized spacial score (nSPS) is 50.0. The summed E-state index contributed by atoms with van der Waals surface area (Å²) in [5.74, 6) is -1.56. The standard InChI is InChI=1S/C68H102N4O12/c1-4-7-40-12-16-45-53(18-13-40)84-60-56(45)50(75)9-5-23-68(60,82)61(3,79)54-20-24-67(81)59-57(71-36-39(2)74)58(78)47-34-51(76)52(77)35-63(47)37-62(46-17-19-55(69)72-48(46)8-6-30-73)25-27-64(80,66(59,63)28-26-62)38-65(54,67)43-14-10-41(11-15-43)22-31-83-44-32-42-21-29-70-49(42)33-44/h17,19,21,25-29,39-45,47,49-56,60,70-77,79-82H,4-16,18,20,22-24,30-38,69H2,1-3H3/t39-,40+,41?,42+,43?,44-,45+,47-,49-,50+,51+,52-,53+,54+,55?,56+,60+,61+,62+,63+,64-,65-,66-,67+,68+/m0/s1. The maximum atomic E-state index is 16.4. The van der Waals surface area contributed by atoms with Crippen LogP contribution >= 0.6 is 0 Å². The Bertz CT molecular complexity index is 2700. The average Bonchev–Trinajstić information content (AvgIpc) is 1.20. The molecule has 8 fully saturated rings. The predicted octanol–water partition coefficient (Wildman–Crippen LogP) is 5.64. The van der Waals surface area contributed by atoms with E-state index in [1.54, 1.807) is 13.8 Å². The van der Waals surface area contributed by atoms with Crippen molar-refractivity contribution in [3.8, 4) is 0 Å². The second-order valence-electron chi connectivity index (χ2n) is 30.1. The van der Waals surface area contributed by atoms with Gasteiger partial charge in [0.2, 0.25) is 0 Å². The van der Waals surface area contributed by atoms with Crippen LogP contribution in [0.15, 0.2) is 71.3 Å². The first-order valence-electron chi connectivity index (χ1n) is 33.4. The molecule has 0 aromatic rings. The average molecular weight is 1170 g/mol. The summed E-state index contributed by atoms with van der Waals surface area (Å²) in [6.45, 7) is 6.16. The van der Waals surface area contributed by atoms with Gasteiger partial charge in [-0.1, -0.05) is 75.5 Å². The molecule has 3 aliphatic heterocycles. The quantitative estimate of drug-likeness (QED) is 0.0833. The number of hydrogen-bond donors (Lipinski definition) is 13. The Morgan fingerprint density at radius 2 is 1.65 bits per heavy atom. The fourth-order valence-corrected chi connectivity index (χ4v) is 22.4. The fourth-order valence-electron chi connectivity index (χ4n) is 22.4. The number of aliphatic hydroxyl groups excluding tert-OH is 5. The molecule has 0 amide bonds. The number of nitrogens with two attached hydrogens (primary N) is 1. The molecule has 1 saturated heterocycles. The summed E-state index contributed by atoms with van der Waals surface area (Å²) in [6, 6.07) is 0.433. The summed E-state index contributed by atoms with van der Waals surface area (Å²) in [5.41, 5.74) is -4.43. The second kappa shape index (κ2) is 21.9. The molecule has 11 aliphatic carbocycles. The Hall–Kier alpha value is -2.97. The van der Waals surface area contributed by atoms with Crippen molar-refractivity contribution in [2.75, 3.05) is 19.8 Å². The molecular weight excluding hydrogens is 1060 g/mol. The van der Waals surface area contributed by atoms with Gasteiger partial charge in [0.05, 0.1) is 76.8 Å². The second-order valence-corrected chi connectivity index (χ2v) is 30.1. The van der Waals surface area contributed by atoms with Gasteiger partial charge in [0.1, 0.15) is 5.60 Å². The number of Topliss-reactive ketones (excluding diaryl/α,β-unsaturated/α-hetero) is 1. The highest BCUT2D eigenvalue weighted by atomic mass is 16.5. The Balaban J connectivity index is 0.976. The van der Waals surface area contributed by atoms with Gasteiger partial charge in [-0.2, -0.15) is 0 Å². The number of carbonyl (C=O) groups excluding carboxylic acids is 1. The summed E-state index contributed by atoms with van der Waals surface area (Å²) in [5, 5.41) is 127. The van der Waals surface area contributed by atoms with Crippen LogP contribution in [0.4, 0.5) is 0 Å². The van der Waals surface area contributed by atoms with Crippen molar-refractivity contribution in [3.63, 3.8) is 0 Å². The maximum Gasteiger partial charge on any atom is 0.182 e. The van der Waals surface area contributed by atoms with Crippen LogP contribution in [0.2, 0.25) is 0 Å². The lowest BCUT2D eigenvalue weighted by Gasteiger charge is -2.74. The van der Waals surface area contributed by atoms with Crippen molar-refractivity contribution in [1.29, 1.82) is 0 Å². The zero-order valence-electron chi connectivity index (χ0n) is 50.4. The maximum absolute atomic E-state index is 16.4. The zero-order chi connectivity index (χ0) is 59.0. The number of aliphatic hydroxyl groups is 9. The highest BCUT2D eigenvalue weighted by Crippen LogP contribution is 2.83. The van der Waals surface area contributed by atoms with E-state index in [9.17, 15) is 35.7 Å². The van der Waals surface area contributed by atoms with Crippen molar-refractivity contribution < 1.29 is 60.2 Å². The van der Waals surface area contributed by atoms with Gasteiger partial charge in [0.25, 0.3) is 0 Å². The third kappa shape index (κ3) is 8.79. The van der Waals surface area contributed by atoms with Gasteiger partial charge in [0, 0.05) is 71.1 Å². The molecule has 14 rings (SSSR count). The number of rotatable bonds is 16. The summed E-state index contributed by atoms with van der Waals surface area (Å²) in [4.78, 5) is 16.4. The van der Waals surface area contributed by atoms with Crippen LogP contribution in [-0.2, 0) is 14.3 Å². The molecule has 0 radical (unpaired) electrons. The lowest BCUT2D eigenvalue weighted by atomic mass is 9.30. The molecule has 16 heteroatoms. The smallest absolute Gasteiger partial charge is 0.182 e. The van der Waals surface area contributed by atoms with Crippen molar-refractivity contribution in [3.05, 3.63) is 71.3 Å². The number of ketones is 1. The number of dihydropyridines is 1. The largest absolute Gasteiger partial charge is 0.396 e. The minimum Gasteiger partial charge on any atom is -0.396 e. The minimum absolute atomic E-state index is 0.00212. The number of hydrogen-bond acceptors (Lipinski definition) is 16. The topological polar surface area (TPSA) is 280 Å². The van der Waals surface area contributed by atoms with Gasteiger partial charge < -0.3 is 77.1 Å². The zero-order valence-corrected chi connectivity index (χ0v) is 50.4. The first-order chi connectivity index (χ1) is 40.1. The van der Waals surface area contributed by atoms with Gasteiger partial charge in [-0.15, -0.1) is 0 Å². The molecular formula is C68H102N4O12. The molecule has 14 N–H and O–H groups in total. The molecule has 7 saturated carbocycles. The van der Waals surface area contributed by atoms with Crippen molar-refractivity contribution in [2.45, 2.75) is 252 Å². The van der Waals surface area contributed by atoms with Gasteiger partial charge >= 0.3 is 0 Å². The van der Waals surface area contributed by atoms with E-state index in [1.165, 1.54) is 0 Å². The van der Waals surface area contributed by atoms with E-state index in [-0.39, 0.29) is 93.6 Å². The lowest BCUT2D eigenvalue weighted by molar-refractivity contribution is -0.285. The number of carbonyl (C=O) groups is 1. The molecule has 2 spiro atoms. The van der Waals surface area contributed by atoms with Gasteiger partial charge in [0.15, 0.2) is 5.78 Å². The Kier molecular flexibility index (Phi) is 15.6. The molecule has 1 unspecified atom stereocenters. The van der Waals surface area contributed by atoms with Crippen molar-refractivity contribution >= 4 is 5.78 Å². The Morgan fingerprint density at radius 3 is 2.42 bits per heavy atom. The van der Waals surface area contributed by atoms with Gasteiger partial charge in [-0.3, -0.25) is 4.79 Å². The lowest BCUT2D eigenvalue weighted by Crippen LogP contribution is -2.78. The van der Waals surface area contributed by atoms with Crippen LogP contribution in [0, 0.1) is 69.0 Å². The summed E-state index contributed by atoms with van der Waals surface area (Å²) in [7, 11) is 0. The van der Waals surface area contributed by atoms with E-state index < -0.39 is 98.5 Å². The van der Waals surface area contributed by atoms with Gasteiger partial charge in [-0.05, 0) is 183 Å². The van der Waals surface area contributed by atoms with Crippen LogP contribution in [0.1, 0.15) is 175 Å². The summed E-state index contributed by atoms with van der Waals surface area (Å²) >= 11 is 0. The predicted molar refractivity (Wildman–Crippen MR) is 316 cm³/mol. The van der Waals surface area contributed by atoms with Crippen LogP contribution in [0.3, 0.4) is 0 Å². The van der Waals surface area contributed by atoms with Crippen LogP contribution < -0.4 is 21.7 Å². The minimum atomic E-state index is -1.99. The Morgan fingerprint density at radius 1 is 0.893 bits per heavy atom. The van der Waals surface area contributed by atoms with Crippen LogP contribution in [0.5, 0.6) is 0 Å². The molecule has 2 bridgehead atoms. The third-order valence-electron chi connectivity index (χ3n) is 26.0. The van der Waals surface area contributed by atoms with Crippen molar-refractivity contribution in [2.24, 2.45) is 74.7 Å².